The molecule has 0 heterocycles. The Kier molecular flexibility index (Phi) is 31.3. The first-order chi connectivity index (χ1) is 6.15. The fraction of sp³-hybridized carbons (Fsp3) is 1.00. The summed E-state index contributed by atoms with van der Waals surface area (Å²) in [6.07, 6.45) is 0.924. The zero-order valence-electron chi connectivity index (χ0n) is 8.73. The van der Waals surface area contributed by atoms with Crippen LogP contribution in [0.15, 0.2) is 0 Å². The molecule has 0 aliphatic carbocycles. The lowest BCUT2D eigenvalue weighted by atomic mass is 10.2. The zero-order chi connectivity index (χ0) is 10.7. The van der Waals surface area contributed by atoms with Crippen LogP contribution in [0.5, 0.6) is 0 Å². The van der Waals surface area contributed by atoms with Gasteiger partial charge in [-0.1, -0.05) is 28.7 Å². The maximum atomic E-state index is 8.40. The number of ether oxygens (including phenoxy) is 1. The minimum Gasteiger partial charge on any atom is -0.396 e. The summed E-state index contributed by atoms with van der Waals surface area (Å²) in [5.41, 5.74) is 0. The van der Waals surface area contributed by atoms with E-state index < -0.39 is 0 Å². The minimum atomic E-state index is 0. The van der Waals surface area contributed by atoms with E-state index in [-0.39, 0.29) is 46.7 Å². The van der Waals surface area contributed by atoms with Gasteiger partial charge in [0.2, 0.25) is 0 Å². The van der Waals surface area contributed by atoms with E-state index in [1.165, 1.54) is 0 Å². The number of rotatable bonds is 5. The van der Waals surface area contributed by atoms with Gasteiger partial charge in [0.25, 0.3) is 0 Å². The molecule has 0 aromatic rings. The average molecular weight is 226 g/mol. The van der Waals surface area contributed by atoms with Crippen LogP contribution in [-0.4, -0.2) is 48.4 Å². The molecule has 3 N–H and O–H groups in total. The molecule has 0 saturated heterocycles. The van der Waals surface area contributed by atoms with Gasteiger partial charge in [-0.05, 0) is 6.42 Å². The second-order valence-corrected chi connectivity index (χ2v) is 2.92. The van der Waals surface area contributed by atoms with Crippen molar-refractivity contribution in [3.05, 3.63) is 0 Å². The van der Waals surface area contributed by atoms with Gasteiger partial charge in [0.15, 0.2) is 0 Å². The van der Waals surface area contributed by atoms with E-state index in [9.17, 15) is 0 Å². The van der Waals surface area contributed by atoms with Crippen LogP contribution in [0.25, 0.3) is 0 Å². The van der Waals surface area contributed by atoms with Gasteiger partial charge in [-0.2, -0.15) is 0 Å². The highest BCUT2D eigenvalue weighted by Gasteiger charge is 1.97. The molecule has 15 heavy (non-hydrogen) atoms. The summed E-state index contributed by atoms with van der Waals surface area (Å²) < 4.78 is 4.80. The summed E-state index contributed by atoms with van der Waals surface area (Å²) >= 11 is 0. The second kappa shape index (κ2) is 19.4. The Morgan fingerprint density at radius 3 is 1.40 bits per heavy atom. The number of aliphatic hydroxyl groups is 3. The Balaban J connectivity index is -0.0000000718. The molecular weight excluding hydrogens is 196 g/mol. The van der Waals surface area contributed by atoms with Crippen LogP contribution in [0, 0.1) is 5.92 Å². The number of methoxy groups -OCH3 is 1. The molecule has 0 rings (SSSR count). The topological polar surface area (TPSA) is 69.9 Å². The Bertz CT molecular complexity index is 75.1. The summed E-state index contributed by atoms with van der Waals surface area (Å²) in [7, 11) is 1.60. The van der Waals surface area contributed by atoms with Crippen LogP contribution in [0.3, 0.4) is 0 Å². The van der Waals surface area contributed by atoms with E-state index in [1.54, 1.807) is 14.0 Å². The predicted octanol–water partition coefficient (Wildman–Crippen LogP) is 1.28. The lowest BCUT2D eigenvalue weighted by Gasteiger charge is -2.06. The summed E-state index contributed by atoms with van der Waals surface area (Å²) in [6, 6.07) is 0. The van der Waals surface area contributed by atoms with Crippen LogP contribution >= 0.6 is 0 Å². The molecule has 1 atom stereocenters. The lowest BCUT2D eigenvalue weighted by Crippen LogP contribution is -2.13. The molecule has 4 heteroatoms. The maximum absolute atomic E-state index is 8.40. The highest BCUT2D eigenvalue weighted by atomic mass is 16.5. The molecule has 0 spiro atoms. The molecule has 0 radical (unpaired) electrons. The largest absolute Gasteiger partial charge is 0.396 e. The fourth-order valence-corrected chi connectivity index (χ4v) is 0.428. The van der Waals surface area contributed by atoms with Gasteiger partial charge in [-0.15, -0.1) is 0 Å². The molecule has 0 aliphatic rings. The molecule has 98 valence electrons. The highest BCUT2D eigenvalue weighted by molar-refractivity contribution is 4.47. The normalized spacial score (nSPS) is 10.6. The third-order valence-electron chi connectivity index (χ3n) is 1.62. The van der Waals surface area contributed by atoms with Crippen LogP contribution in [0.1, 0.15) is 35.1 Å². The fourth-order valence-electron chi connectivity index (χ4n) is 0.428. The van der Waals surface area contributed by atoms with E-state index in [0.717, 1.165) is 6.42 Å². The van der Waals surface area contributed by atoms with Gasteiger partial charge in [-0.3, -0.25) is 0 Å². The molecule has 0 aliphatic heterocycles. The van der Waals surface area contributed by atoms with Crippen molar-refractivity contribution in [1.29, 1.82) is 0 Å². The first kappa shape index (κ1) is 24.2. The van der Waals surface area contributed by atoms with E-state index >= 15 is 0 Å². The van der Waals surface area contributed by atoms with Crippen molar-refractivity contribution >= 4 is 0 Å². The Hall–Kier alpha value is -0.160. The van der Waals surface area contributed by atoms with Crippen molar-refractivity contribution in [2.45, 2.75) is 41.2 Å². The Morgan fingerprint density at radius 1 is 1.00 bits per heavy atom. The first-order valence-corrected chi connectivity index (χ1v) is 4.51. The summed E-state index contributed by atoms with van der Waals surface area (Å²) in [5.74, 6) is 0.0463. The van der Waals surface area contributed by atoms with E-state index in [2.05, 4.69) is 0 Å². The smallest absolute Gasteiger partial charge is 0.0799 e. The van der Waals surface area contributed by atoms with Crippen LogP contribution in [-0.2, 0) is 4.74 Å². The molecular formula is C11H30O4. The number of hydrogen-bond donors (Lipinski definition) is 3. The van der Waals surface area contributed by atoms with Crippen molar-refractivity contribution < 1.29 is 20.1 Å². The first-order valence-electron chi connectivity index (χ1n) is 4.51. The van der Waals surface area contributed by atoms with Crippen molar-refractivity contribution in [3.8, 4) is 0 Å². The number of aliphatic hydroxyl groups excluding tert-OH is 3. The monoisotopic (exact) mass is 226 g/mol. The maximum Gasteiger partial charge on any atom is 0.0799 e. The molecule has 0 fully saturated rings. The quantitative estimate of drug-likeness (QED) is 0.660. The average Bonchev–Trinajstić information content (AvgIpc) is 2.20. The van der Waals surface area contributed by atoms with Crippen LogP contribution in [0.4, 0.5) is 0 Å². The summed E-state index contributed by atoms with van der Waals surface area (Å²) in [5, 5.41) is 24.8. The van der Waals surface area contributed by atoms with E-state index in [0.29, 0.717) is 0 Å². The highest BCUT2D eigenvalue weighted by Crippen LogP contribution is 1.91. The summed E-state index contributed by atoms with van der Waals surface area (Å²) in [6.45, 7) is 4.05. The molecule has 1 unspecified atom stereocenters. The molecule has 0 saturated carbocycles. The predicted molar refractivity (Wildman–Crippen MR) is 65.0 cm³/mol. The van der Waals surface area contributed by atoms with Crippen molar-refractivity contribution in [1.82, 2.24) is 0 Å². The third kappa shape index (κ3) is 20.0. The van der Waals surface area contributed by atoms with E-state index in [1.807, 2.05) is 6.92 Å². The molecule has 0 bridgehead atoms. The standard InChI is InChI=1S/C5H12O2.C4H10O2.2CH4/c1-3-5(4-6)7-2;1-4(2-5)3-6;;/h5-6H,3-4H2,1-2H3;4-6H,2-3H2,1H3;2*1H4. The zero-order valence-corrected chi connectivity index (χ0v) is 8.73. The van der Waals surface area contributed by atoms with Crippen LogP contribution in [0.2, 0.25) is 0 Å². The van der Waals surface area contributed by atoms with E-state index in [4.69, 9.17) is 20.1 Å². The van der Waals surface area contributed by atoms with Gasteiger partial charge >= 0.3 is 0 Å². The lowest BCUT2D eigenvalue weighted by molar-refractivity contribution is 0.0467. The van der Waals surface area contributed by atoms with Crippen molar-refractivity contribution in [3.63, 3.8) is 0 Å². The SMILES string of the molecule is C.C.CC(CO)CO.CCC(CO)OC. The molecule has 4 nitrogen and oxygen atoms in total. The van der Waals surface area contributed by atoms with Gasteiger partial charge in [-0.25, -0.2) is 0 Å². The molecule has 0 aromatic carbocycles. The number of hydrogen-bond acceptors (Lipinski definition) is 4. The van der Waals surface area contributed by atoms with Gasteiger partial charge in [0, 0.05) is 26.2 Å². The Morgan fingerprint density at radius 2 is 1.40 bits per heavy atom. The van der Waals surface area contributed by atoms with Crippen molar-refractivity contribution in [2.24, 2.45) is 5.92 Å². The molecule has 0 aromatic heterocycles. The van der Waals surface area contributed by atoms with Gasteiger partial charge < -0.3 is 20.1 Å². The second-order valence-electron chi connectivity index (χ2n) is 2.92. The van der Waals surface area contributed by atoms with Crippen LogP contribution < -0.4 is 0 Å². The Labute approximate surface area is 94.9 Å². The van der Waals surface area contributed by atoms with Gasteiger partial charge in [0.05, 0.1) is 12.7 Å². The van der Waals surface area contributed by atoms with Gasteiger partial charge in [0.1, 0.15) is 0 Å². The molecule has 0 amide bonds. The van der Waals surface area contributed by atoms with Crippen molar-refractivity contribution in [2.75, 3.05) is 26.9 Å². The minimum absolute atomic E-state index is 0. The third-order valence-corrected chi connectivity index (χ3v) is 1.62. The summed E-state index contributed by atoms with van der Waals surface area (Å²) in [4.78, 5) is 0.